The highest BCUT2D eigenvalue weighted by Crippen LogP contribution is 2.46. The first-order valence-corrected chi connectivity index (χ1v) is 7.42. The Kier molecular flexibility index (Phi) is 3.98. The van der Waals surface area contributed by atoms with E-state index in [4.69, 9.17) is 4.74 Å². The maximum atomic E-state index is 12.1. The van der Waals surface area contributed by atoms with E-state index < -0.39 is 11.6 Å². The van der Waals surface area contributed by atoms with Crippen molar-refractivity contribution in [3.05, 3.63) is 0 Å². The van der Waals surface area contributed by atoms with E-state index in [9.17, 15) is 14.7 Å². The summed E-state index contributed by atoms with van der Waals surface area (Å²) in [5, 5.41) is 9.20. The molecule has 1 aliphatic carbocycles. The Morgan fingerprint density at radius 3 is 2.60 bits per heavy atom. The third-order valence-electron chi connectivity index (χ3n) is 4.38. The highest BCUT2D eigenvalue weighted by Gasteiger charge is 2.45. The molecule has 1 N–H and O–H groups in total. The second-order valence-corrected chi connectivity index (χ2v) is 7.28. The van der Waals surface area contributed by atoms with Crippen molar-refractivity contribution in [3.63, 3.8) is 0 Å². The molecular weight excluding hydrogens is 258 g/mol. The first kappa shape index (κ1) is 15.1. The standard InChI is InChI=1S/C15H25NO4/c1-14(2,3)20-13(19)16-8-7-15(10-16)6-4-5-11(9-15)12(17)18/h11H,4-10H2,1-3H3,(H,17,18)/t11-,15+/m1/s1. The van der Waals surface area contributed by atoms with Gasteiger partial charge in [-0.25, -0.2) is 4.79 Å². The third-order valence-corrected chi connectivity index (χ3v) is 4.38. The van der Waals surface area contributed by atoms with Crippen LogP contribution >= 0.6 is 0 Å². The first-order chi connectivity index (χ1) is 9.21. The molecule has 2 fully saturated rings. The maximum absolute atomic E-state index is 12.1. The molecule has 114 valence electrons. The van der Waals surface area contributed by atoms with Crippen molar-refractivity contribution < 1.29 is 19.4 Å². The third kappa shape index (κ3) is 3.44. The van der Waals surface area contributed by atoms with E-state index in [0.717, 1.165) is 25.7 Å². The number of aliphatic carboxylic acids is 1. The Labute approximate surface area is 120 Å². The van der Waals surface area contributed by atoms with Crippen LogP contribution in [0.3, 0.4) is 0 Å². The van der Waals surface area contributed by atoms with Crippen molar-refractivity contribution in [1.29, 1.82) is 0 Å². The molecule has 1 heterocycles. The molecule has 0 aromatic rings. The average molecular weight is 283 g/mol. The van der Waals surface area contributed by atoms with E-state index in [0.29, 0.717) is 19.5 Å². The van der Waals surface area contributed by atoms with Crippen molar-refractivity contribution >= 4 is 12.1 Å². The van der Waals surface area contributed by atoms with Gasteiger partial charge in [-0.2, -0.15) is 0 Å². The van der Waals surface area contributed by atoms with Crippen LogP contribution in [-0.2, 0) is 9.53 Å². The second-order valence-electron chi connectivity index (χ2n) is 7.28. The molecule has 1 spiro atoms. The van der Waals surface area contributed by atoms with Gasteiger partial charge in [0.05, 0.1) is 5.92 Å². The lowest BCUT2D eigenvalue weighted by atomic mass is 9.69. The topological polar surface area (TPSA) is 66.8 Å². The van der Waals surface area contributed by atoms with E-state index in [1.807, 2.05) is 20.8 Å². The Morgan fingerprint density at radius 1 is 1.30 bits per heavy atom. The Hall–Kier alpha value is -1.26. The van der Waals surface area contributed by atoms with Gasteiger partial charge >= 0.3 is 12.1 Å². The minimum Gasteiger partial charge on any atom is -0.481 e. The molecule has 20 heavy (non-hydrogen) atoms. The van der Waals surface area contributed by atoms with Gasteiger partial charge in [0.1, 0.15) is 5.60 Å². The predicted molar refractivity (Wildman–Crippen MR) is 74.5 cm³/mol. The highest BCUT2D eigenvalue weighted by molar-refractivity contribution is 5.70. The molecular formula is C15H25NO4. The van der Waals surface area contributed by atoms with Gasteiger partial charge < -0.3 is 14.7 Å². The molecule has 0 bridgehead atoms. The van der Waals surface area contributed by atoms with E-state index >= 15 is 0 Å². The molecule has 2 atom stereocenters. The zero-order valence-electron chi connectivity index (χ0n) is 12.6. The fourth-order valence-electron chi connectivity index (χ4n) is 3.45. The van der Waals surface area contributed by atoms with Gasteiger partial charge in [0.25, 0.3) is 0 Å². The lowest BCUT2D eigenvalue weighted by molar-refractivity contribution is -0.144. The molecule has 2 aliphatic rings. The predicted octanol–water partition coefficient (Wildman–Crippen LogP) is 2.89. The summed E-state index contributed by atoms with van der Waals surface area (Å²) in [5.74, 6) is -0.942. The summed E-state index contributed by atoms with van der Waals surface area (Å²) in [7, 11) is 0. The molecule has 1 saturated carbocycles. The van der Waals surface area contributed by atoms with Crippen LogP contribution in [0.25, 0.3) is 0 Å². The molecule has 0 aromatic heterocycles. The summed E-state index contributed by atoms with van der Waals surface area (Å²) >= 11 is 0. The molecule has 1 amide bonds. The Balaban J connectivity index is 1.97. The quantitative estimate of drug-likeness (QED) is 0.803. The Bertz CT molecular complexity index is 401. The number of amides is 1. The molecule has 5 heteroatoms. The summed E-state index contributed by atoms with van der Waals surface area (Å²) in [6.07, 6.45) is 4.06. The zero-order chi connectivity index (χ0) is 15.0. The number of hydrogen-bond donors (Lipinski definition) is 1. The second kappa shape index (κ2) is 5.26. The van der Waals surface area contributed by atoms with Crippen molar-refractivity contribution in [2.45, 2.75) is 58.5 Å². The van der Waals surface area contributed by atoms with Crippen LogP contribution in [-0.4, -0.2) is 40.8 Å². The van der Waals surface area contributed by atoms with Gasteiger partial charge in [-0.1, -0.05) is 6.42 Å². The maximum Gasteiger partial charge on any atom is 0.410 e. The highest BCUT2D eigenvalue weighted by atomic mass is 16.6. The van der Waals surface area contributed by atoms with Gasteiger partial charge in [-0.15, -0.1) is 0 Å². The fraction of sp³-hybridized carbons (Fsp3) is 0.867. The number of rotatable bonds is 1. The van der Waals surface area contributed by atoms with E-state index in [1.54, 1.807) is 4.90 Å². The van der Waals surface area contributed by atoms with Crippen molar-refractivity contribution in [2.75, 3.05) is 13.1 Å². The van der Waals surface area contributed by atoms with Gasteiger partial charge in [-0.3, -0.25) is 4.79 Å². The Morgan fingerprint density at radius 2 is 2.00 bits per heavy atom. The largest absolute Gasteiger partial charge is 0.481 e. The fourth-order valence-corrected chi connectivity index (χ4v) is 3.45. The number of hydrogen-bond acceptors (Lipinski definition) is 3. The molecule has 0 aromatic carbocycles. The molecule has 0 radical (unpaired) electrons. The van der Waals surface area contributed by atoms with E-state index in [2.05, 4.69) is 0 Å². The van der Waals surface area contributed by atoms with E-state index in [1.165, 1.54) is 0 Å². The minimum atomic E-state index is -0.695. The van der Waals surface area contributed by atoms with Crippen LogP contribution in [0.1, 0.15) is 52.9 Å². The van der Waals surface area contributed by atoms with Crippen LogP contribution in [0.4, 0.5) is 4.79 Å². The molecule has 0 unspecified atom stereocenters. The molecule has 2 rings (SSSR count). The summed E-state index contributed by atoms with van der Waals surface area (Å²) in [6.45, 7) is 6.90. The van der Waals surface area contributed by atoms with Crippen molar-refractivity contribution in [1.82, 2.24) is 4.90 Å². The van der Waals surface area contributed by atoms with Gasteiger partial charge in [0.15, 0.2) is 0 Å². The van der Waals surface area contributed by atoms with Crippen LogP contribution in [0.2, 0.25) is 0 Å². The average Bonchev–Trinajstić information content (AvgIpc) is 2.71. The zero-order valence-corrected chi connectivity index (χ0v) is 12.6. The molecule has 1 saturated heterocycles. The lowest BCUT2D eigenvalue weighted by Crippen LogP contribution is -2.39. The number of carboxylic acids is 1. The van der Waals surface area contributed by atoms with Gasteiger partial charge in [0.2, 0.25) is 0 Å². The summed E-state index contributed by atoms with van der Waals surface area (Å²) in [5.41, 5.74) is -0.485. The van der Waals surface area contributed by atoms with Crippen LogP contribution < -0.4 is 0 Å². The number of likely N-dealkylation sites (tertiary alicyclic amines) is 1. The van der Waals surface area contributed by atoms with Crippen molar-refractivity contribution in [2.24, 2.45) is 11.3 Å². The number of carbonyl (C=O) groups excluding carboxylic acids is 1. The van der Waals surface area contributed by atoms with Gasteiger partial charge in [0, 0.05) is 13.1 Å². The summed E-state index contributed by atoms with van der Waals surface area (Å²) < 4.78 is 5.40. The number of carbonyl (C=O) groups is 2. The van der Waals surface area contributed by atoms with Crippen LogP contribution in [0.15, 0.2) is 0 Å². The summed E-state index contributed by atoms with van der Waals surface area (Å²) in [6, 6.07) is 0. The minimum absolute atomic E-state index is 0.00177. The van der Waals surface area contributed by atoms with E-state index in [-0.39, 0.29) is 17.4 Å². The smallest absolute Gasteiger partial charge is 0.410 e. The summed E-state index contributed by atoms with van der Waals surface area (Å²) in [4.78, 5) is 25.0. The SMILES string of the molecule is CC(C)(C)OC(=O)N1CC[C@]2(CCC[C@@H](C(=O)O)C2)C1. The number of ether oxygens (including phenoxy) is 1. The molecule has 5 nitrogen and oxygen atoms in total. The van der Waals surface area contributed by atoms with Crippen molar-refractivity contribution in [3.8, 4) is 0 Å². The van der Waals surface area contributed by atoms with Crippen LogP contribution in [0.5, 0.6) is 0 Å². The van der Waals surface area contributed by atoms with Gasteiger partial charge in [-0.05, 0) is 51.9 Å². The normalized spacial score (nSPS) is 30.6. The number of carboxylic acid groups (broad SMARTS) is 1. The van der Waals surface area contributed by atoms with Crippen LogP contribution in [0, 0.1) is 11.3 Å². The number of nitrogens with zero attached hydrogens (tertiary/aromatic N) is 1. The monoisotopic (exact) mass is 283 g/mol. The first-order valence-electron chi connectivity index (χ1n) is 7.42. The lowest BCUT2D eigenvalue weighted by Gasteiger charge is -2.36. The molecule has 1 aliphatic heterocycles.